The molecule has 1 aromatic rings. The molecule has 17 heavy (non-hydrogen) atoms. The molecule has 0 fully saturated rings. The second-order valence-electron chi connectivity index (χ2n) is 3.63. The van der Waals surface area contributed by atoms with E-state index in [0.717, 1.165) is 0 Å². The number of hydrogen-bond donors (Lipinski definition) is 1. The molecule has 0 bridgehead atoms. The Morgan fingerprint density at radius 1 is 1.18 bits per heavy atom. The summed E-state index contributed by atoms with van der Waals surface area (Å²) >= 11 is 0. The molecular weight excluding hydrogens is 269 g/mol. The van der Waals surface area contributed by atoms with Gasteiger partial charge in [0.1, 0.15) is 11.9 Å². The van der Waals surface area contributed by atoms with Crippen molar-refractivity contribution in [1.82, 2.24) is 4.98 Å². The molecule has 1 N–H and O–H groups in total. The van der Waals surface area contributed by atoms with Crippen molar-refractivity contribution >= 4 is 7.81 Å². The van der Waals surface area contributed by atoms with Gasteiger partial charge in [-0.1, -0.05) is 6.92 Å². The van der Waals surface area contributed by atoms with Gasteiger partial charge in [-0.2, -0.15) is 0 Å². The Hall–Kier alpha value is -0.780. The maximum absolute atomic E-state index is 10.7. The summed E-state index contributed by atoms with van der Waals surface area (Å²) in [7, 11) is -8.56. The van der Waals surface area contributed by atoms with Crippen LogP contribution in [0.25, 0.3) is 0 Å². The van der Waals surface area contributed by atoms with E-state index in [4.69, 9.17) is 0 Å². The summed E-state index contributed by atoms with van der Waals surface area (Å²) in [5, 5.41) is 0. The summed E-state index contributed by atoms with van der Waals surface area (Å²) in [6.45, 7) is 4.28. The minimum absolute atomic E-state index is 1.17. The first-order valence-electron chi connectivity index (χ1n) is 4.80. The second kappa shape index (κ2) is 4.15. The van der Waals surface area contributed by atoms with Crippen LogP contribution in [-0.4, -0.2) is 4.98 Å². The van der Waals surface area contributed by atoms with Crippen molar-refractivity contribution in [1.29, 1.82) is 0 Å². The Kier molecular flexibility index (Phi) is 3.96. The Balaban J connectivity index is 0.000000325. The fourth-order valence-corrected chi connectivity index (χ4v) is 1.09. The molecule has 9 heteroatoms. The molecule has 0 unspecified atom stereocenters. The van der Waals surface area contributed by atoms with E-state index in [9.17, 15) is 25.2 Å². The van der Waals surface area contributed by atoms with E-state index in [2.05, 4.69) is 36.6 Å². The van der Waals surface area contributed by atoms with Crippen LogP contribution in [0.15, 0.2) is 6.20 Å². The zero-order chi connectivity index (χ0) is 14.0. The number of H-pyrrole nitrogens is 1. The molecule has 0 amide bonds. The van der Waals surface area contributed by atoms with Crippen LogP contribution < -0.4 is 4.57 Å². The van der Waals surface area contributed by atoms with Crippen molar-refractivity contribution < 1.29 is 29.7 Å². The zero-order valence-corrected chi connectivity index (χ0v) is 10.5. The van der Waals surface area contributed by atoms with Gasteiger partial charge in [-0.3, -0.25) is 0 Å². The summed E-state index contributed by atoms with van der Waals surface area (Å²) in [5.74, 6) is 1.23. The monoisotopic (exact) mass is 284 g/mol. The van der Waals surface area contributed by atoms with Gasteiger partial charge < -0.3 is 0 Å². The normalized spacial score (nSPS) is 15.6. The minimum atomic E-state index is -10.7. The number of aromatic nitrogens is 2. The van der Waals surface area contributed by atoms with Crippen molar-refractivity contribution in [2.75, 3.05) is 0 Å². The molecule has 104 valence electrons. The Morgan fingerprint density at radius 2 is 1.59 bits per heavy atom. The number of aromatic amines is 1. The molecule has 0 saturated heterocycles. The predicted molar refractivity (Wildman–Crippen MR) is 54.3 cm³/mol. The molecule has 1 rings (SSSR count). The fourth-order valence-electron chi connectivity index (χ4n) is 1.09. The van der Waals surface area contributed by atoms with E-state index in [0.29, 0.717) is 0 Å². The number of aryl methyl sites for hydroxylation is 2. The summed E-state index contributed by atoms with van der Waals surface area (Å²) in [6, 6.07) is 0. The van der Waals surface area contributed by atoms with Gasteiger partial charge in [0.25, 0.3) is 5.82 Å². The molecule has 0 radical (unpaired) electrons. The standard InChI is InChI=1S/C8H14N2.F6P/c1-4-5-8-6-9-7(2)10(8)3;1-7(2,3,4,5)6/h6H,4-5H2,1-3H3;/q;-1/p+1. The predicted octanol–water partition coefficient (Wildman–Crippen LogP) is 4.48. The van der Waals surface area contributed by atoms with Gasteiger partial charge in [0.05, 0.1) is 7.05 Å². The quantitative estimate of drug-likeness (QED) is 0.469. The van der Waals surface area contributed by atoms with Crippen LogP contribution in [0.2, 0.25) is 0 Å². The Labute approximate surface area is 94.9 Å². The molecule has 0 spiro atoms. The number of hydrogen-bond acceptors (Lipinski definition) is 0. The number of nitrogens with one attached hydrogen (secondary N) is 1. The van der Waals surface area contributed by atoms with Crippen LogP contribution >= 0.6 is 7.81 Å². The second-order valence-corrected chi connectivity index (χ2v) is 5.55. The van der Waals surface area contributed by atoms with Crippen LogP contribution in [0.1, 0.15) is 24.9 Å². The molecule has 0 aliphatic heterocycles. The van der Waals surface area contributed by atoms with E-state index < -0.39 is 7.81 Å². The van der Waals surface area contributed by atoms with Gasteiger partial charge in [-0.05, 0) is 6.42 Å². The third-order valence-corrected chi connectivity index (χ3v) is 1.89. The van der Waals surface area contributed by atoms with Crippen molar-refractivity contribution in [3.05, 3.63) is 17.7 Å². The first kappa shape index (κ1) is 16.2. The average Bonchev–Trinajstić information content (AvgIpc) is 2.31. The van der Waals surface area contributed by atoms with Gasteiger partial charge in [0, 0.05) is 13.3 Å². The molecule has 2 nitrogen and oxygen atoms in total. The van der Waals surface area contributed by atoms with Gasteiger partial charge in [-0.15, -0.1) is 0 Å². The summed E-state index contributed by atoms with van der Waals surface area (Å²) in [5.41, 5.74) is 1.39. The van der Waals surface area contributed by atoms with Crippen LogP contribution in [0.5, 0.6) is 0 Å². The maximum atomic E-state index is 9.87. The molecule has 1 aromatic heterocycles. The first-order valence-corrected chi connectivity index (χ1v) is 6.82. The van der Waals surface area contributed by atoms with E-state index in [1.54, 1.807) is 0 Å². The summed E-state index contributed by atoms with van der Waals surface area (Å²) in [4.78, 5) is 3.18. The molecular formula is C8H15F6N2P. The van der Waals surface area contributed by atoms with Gasteiger partial charge in [0.15, 0.2) is 0 Å². The van der Waals surface area contributed by atoms with Crippen molar-refractivity contribution in [3.8, 4) is 0 Å². The molecule has 0 saturated carbocycles. The zero-order valence-electron chi connectivity index (χ0n) is 9.65. The SMILES string of the molecule is CCCc1c[nH]c(C)[n+]1C.F[P-](F)(F)(F)(F)F. The molecule has 0 aliphatic carbocycles. The summed E-state index contributed by atoms with van der Waals surface area (Å²) < 4.78 is 61.4. The number of imidazole rings is 1. The van der Waals surface area contributed by atoms with E-state index in [1.165, 1.54) is 24.4 Å². The van der Waals surface area contributed by atoms with Gasteiger partial charge >= 0.3 is 33.0 Å². The van der Waals surface area contributed by atoms with Crippen molar-refractivity contribution in [3.63, 3.8) is 0 Å². The van der Waals surface area contributed by atoms with Crippen molar-refractivity contribution in [2.45, 2.75) is 26.7 Å². The first-order chi connectivity index (χ1) is 7.20. The third-order valence-electron chi connectivity index (χ3n) is 1.89. The number of nitrogens with zero attached hydrogens (tertiary/aromatic N) is 1. The molecule has 1 heterocycles. The molecule has 0 atom stereocenters. The van der Waals surface area contributed by atoms with E-state index in [1.807, 2.05) is 0 Å². The van der Waals surface area contributed by atoms with Crippen LogP contribution in [0.3, 0.4) is 0 Å². The van der Waals surface area contributed by atoms with E-state index in [-0.39, 0.29) is 0 Å². The van der Waals surface area contributed by atoms with E-state index >= 15 is 0 Å². The van der Waals surface area contributed by atoms with Gasteiger partial charge in [0.2, 0.25) is 0 Å². The average molecular weight is 284 g/mol. The fraction of sp³-hybridized carbons (Fsp3) is 0.625. The third kappa shape index (κ3) is 11.5. The number of rotatable bonds is 2. The molecule has 0 aliphatic rings. The summed E-state index contributed by atoms with van der Waals surface area (Å²) in [6.07, 6.45) is 4.46. The molecule has 0 aromatic carbocycles. The van der Waals surface area contributed by atoms with Gasteiger partial charge in [-0.25, -0.2) is 9.55 Å². The van der Waals surface area contributed by atoms with Crippen LogP contribution in [0.4, 0.5) is 25.2 Å². The Morgan fingerprint density at radius 3 is 1.82 bits per heavy atom. The van der Waals surface area contributed by atoms with Crippen LogP contribution in [0, 0.1) is 6.92 Å². The van der Waals surface area contributed by atoms with Crippen LogP contribution in [-0.2, 0) is 13.5 Å². The Bertz CT molecular complexity index is 368. The topological polar surface area (TPSA) is 19.7 Å². The van der Waals surface area contributed by atoms with Crippen molar-refractivity contribution in [2.24, 2.45) is 7.05 Å². The number of halogens is 6.